The van der Waals surface area contributed by atoms with Crippen molar-refractivity contribution in [3.63, 3.8) is 0 Å². The molecule has 1 nitrogen and oxygen atoms in total. The van der Waals surface area contributed by atoms with Crippen LogP contribution in [-0.2, 0) is 4.74 Å². The SMILES string of the molecule is CS1(C)CCOC12SCCS2. The van der Waals surface area contributed by atoms with Gasteiger partial charge in [0.1, 0.15) is 0 Å². The zero-order chi connectivity index (χ0) is 7.95. The molecule has 0 atom stereocenters. The molecule has 0 aliphatic carbocycles. The monoisotopic (exact) mass is 210 g/mol. The minimum Gasteiger partial charge on any atom is -0.346 e. The van der Waals surface area contributed by atoms with Gasteiger partial charge in [-0.25, -0.2) is 0 Å². The molecule has 0 aromatic carbocycles. The van der Waals surface area contributed by atoms with Crippen LogP contribution in [0, 0.1) is 0 Å². The minimum absolute atomic E-state index is 0.201. The molecule has 2 saturated heterocycles. The van der Waals surface area contributed by atoms with Gasteiger partial charge >= 0.3 is 0 Å². The average molecular weight is 210 g/mol. The van der Waals surface area contributed by atoms with Crippen molar-refractivity contribution >= 4 is 33.6 Å². The normalized spacial score (nSPS) is 36.2. The highest BCUT2D eigenvalue weighted by atomic mass is 32.3. The fraction of sp³-hybridized carbons (Fsp3) is 1.00. The predicted octanol–water partition coefficient (Wildman–Crippen LogP) is 2.17. The molecular formula is C7H14OS3. The molecule has 0 aromatic heterocycles. The molecule has 0 bridgehead atoms. The Morgan fingerprint density at radius 1 is 1.27 bits per heavy atom. The lowest BCUT2D eigenvalue weighted by Gasteiger charge is -2.39. The van der Waals surface area contributed by atoms with Crippen molar-refractivity contribution in [2.45, 2.75) is 3.60 Å². The number of thioether (sulfide) groups is 2. The van der Waals surface area contributed by atoms with Crippen molar-refractivity contribution in [3.05, 3.63) is 0 Å². The van der Waals surface area contributed by atoms with Crippen LogP contribution < -0.4 is 0 Å². The molecule has 0 amide bonds. The maximum absolute atomic E-state index is 5.88. The number of hydrogen-bond donors (Lipinski definition) is 0. The third-order valence-corrected chi connectivity index (χ3v) is 11.0. The Labute approximate surface area is 78.3 Å². The molecule has 0 N–H and O–H groups in total. The van der Waals surface area contributed by atoms with Crippen LogP contribution in [0.1, 0.15) is 0 Å². The fourth-order valence-electron chi connectivity index (χ4n) is 1.44. The van der Waals surface area contributed by atoms with Gasteiger partial charge in [-0.15, -0.1) is 23.5 Å². The molecule has 2 fully saturated rings. The van der Waals surface area contributed by atoms with E-state index in [4.69, 9.17) is 4.74 Å². The van der Waals surface area contributed by atoms with E-state index in [-0.39, 0.29) is 3.60 Å². The summed E-state index contributed by atoms with van der Waals surface area (Å²) in [5.41, 5.74) is 0. The maximum Gasteiger partial charge on any atom is 0.193 e. The second kappa shape index (κ2) is 2.76. The van der Waals surface area contributed by atoms with E-state index >= 15 is 0 Å². The van der Waals surface area contributed by atoms with Gasteiger partial charge in [0.2, 0.25) is 0 Å². The van der Waals surface area contributed by atoms with Gasteiger partial charge in [0.25, 0.3) is 0 Å². The minimum atomic E-state index is -0.483. The Morgan fingerprint density at radius 3 is 2.36 bits per heavy atom. The van der Waals surface area contributed by atoms with E-state index in [0.717, 1.165) is 6.61 Å². The van der Waals surface area contributed by atoms with Crippen molar-refractivity contribution in [2.24, 2.45) is 0 Å². The summed E-state index contributed by atoms with van der Waals surface area (Å²) in [6.45, 7) is 0.988. The lowest BCUT2D eigenvalue weighted by molar-refractivity contribution is 0.177. The van der Waals surface area contributed by atoms with E-state index in [1.54, 1.807) is 0 Å². The predicted molar refractivity (Wildman–Crippen MR) is 57.9 cm³/mol. The molecule has 66 valence electrons. The van der Waals surface area contributed by atoms with Crippen LogP contribution in [0.25, 0.3) is 0 Å². The summed E-state index contributed by atoms with van der Waals surface area (Å²) in [5.74, 6) is 3.86. The van der Waals surface area contributed by atoms with Crippen LogP contribution in [0.15, 0.2) is 0 Å². The highest BCUT2D eigenvalue weighted by Crippen LogP contribution is 2.70. The lowest BCUT2D eigenvalue weighted by Crippen LogP contribution is -2.21. The van der Waals surface area contributed by atoms with Crippen molar-refractivity contribution in [1.29, 1.82) is 0 Å². The van der Waals surface area contributed by atoms with E-state index in [2.05, 4.69) is 12.5 Å². The summed E-state index contributed by atoms with van der Waals surface area (Å²) in [7, 11) is -0.483. The van der Waals surface area contributed by atoms with Crippen molar-refractivity contribution in [1.82, 2.24) is 0 Å². The molecule has 0 saturated carbocycles. The van der Waals surface area contributed by atoms with Crippen LogP contribution in [0.5, 0.6) is 0 Å². The highest BCUT2D eigenvalue weighted by molar-refractivity contribution is 8.49. The van der Waals surface area contributed by atoms with E-state index in [0.29, 0.717) is 0 Å². The molecule has 0 unspecified atom stereocenters. The third-order valence-electron chi connectivity index (χ3n) is 2.19. The first-order chi connectivity index (χ1) is 5.16. The van der Waals surface area contributed by atoms with Crippen LogP contribution >= 0.6 is 33.6 Å². The van der Waals surface area contributed by atoms with E-state index in [1.165, 1.54) is 17.3 Å². The average Bonchev–Trinajstić information content (AvgIpc) is 2.45. The molecule has 2 rings (SSSR count). The molecule has 2 aliphatic heterocycles. The molecule has 2 heterocycles. The van der Waals surface area contributed by atoms with Gasteiger partial charge in [-0.2, -0.15) is 10.0 Å². The summed E-state index contributed by atoms with van der Waals surface area (Å²) in [6.07, 6.45) is 4.82. The van der Waals surface area contributed by atoms with Gasteiger partial charge in [0.05, 0.1) is 6.61 Å². The Hall–Kier alpha value is 1.01. The molecule has 11 heavy (non-hydrogen) atoms. The molecule has 1 spiro atoms. The first kappa shape index (κ1) is 8.60. The van der Waals surface area contributed by atoms with Crippen LogP contribution in [-0.4, -0.2) is 40.0 Å². The number of rotatable bonds is 0. The third kappa shape index (κ3) is 1.23. The van der Waals surface area contributed by atoms with E-state index in [1.807, 2.05) is 23.5 Å². The van der Waals surface area contributed by atoms with Crippen LogP contribution in [0.2, 0.25) is 0 Å². The van der Waals surface area contributed by atoms with Gasteiger partial charge in [-0.1, -0.05) is 0 Å². The smallest absolute Gasteiger partial charge is 0.193 e. The Morgan fingerprint density at radius 2 is 1.91 bits per heavy atom. The first-order valence-electron chi connectivity index (χ1n) is 3.79. The zero-order valence-corrected chi connectivity index (χ0v) is 9.41. The summed E-state index contributed by atoms with van der Waals surface area (Å²) in [4.78, 5) is 0. The largest absolute Gasteiger partial charge is 0.346 e. The molecule has 0 aromatic rings. The summed E-state index contributed by atoms with van der Waals surface area (Å²) in [6, 6.07) is 0. The van der Waals surface area contributed by atoms with Gasteiger partial charge in [-0.05, 0) is 12.5 Å². The Bertz CT molecular complexity index is 158. The molecule has 2 aliphatic rings. The van der Waals surface area contributed by atoms with Crippen molar-refractivity contribution in [3.8, 4) is 0 Å². The summed E-state index contributed by atoms with van der Waals surface area (Å²) < 4.78 is 6.08. The van der Waals surface area contributed by atoms with E-state index < -0.39 is 10.0 Å². The van der Waals surface area contributed by atoms with Gasteiger partial charge in [-0.3, -0.25) is 0 Å². The maximum atomic E-state index is 5.88. The summed E-state index contributed by atoms with van der Waals surface area (Å²) >= 11 is 4.07. The topological polar surface area (TPSA) is 9.23 Å². The lowest BCUT2D eigenvalue weighted by atomic mass is 10.9. The fourth-order valence-corrected chi connectivity index (χ4v) is 8.47. The standard InChI is InChI=1S/C7H14OS3/c1-11(2)6-3-8-7(11)9-4-5-10-7/h3-6H2,1-2H3. The Kier molecular flexibility index (Phi) is 2.15. The zero-order valence-electron chi connectivity index (χ0n) is 6.96. The Balaban J connectivity index is 2.22. The molecule has 4 heteroatoms. The first-order valence-corrected chi connectivity index (χ1v) is 8.38. The quantitative estimate of drug-likeness (QED) is 0.606. The second-order valence-electron chi connectivity index (χ2n) is 3.29. The molecule has 0 radical (unpaired) electrons. The van der Waals surface area contributed by atoms with Crippen molar-refractivity contribution < 1.29 is 4.74 Å². The van der Waals surface area contributed by atoms with Gasteiger partial charge < -0.3 is 4.74 Å². The highest BCUT2D eigenvalue weighted by Gasteiger charge is 2.50. The van der Waals surface area contributed by atoms with Gasteiger partial charge in [0, 0.05) is 17.3 Å². The van der Waals surface area contributed by atoms with E-state index in [9.17, 15) is 0 Å². The van der Waals surface area contributed by atoms with Crippen LogP contribution in [0.3, 0.4) is 0 Å². The number of hydrogen-bond acceptors (Lipinski definition) is 3. The second-order valence-corrected chi connectivity index (χ2v) is 10.7. The number of ether oxygens (including phenoxy) is 1. The van der Waals surface area contributed by atoms with Crippen molar-refractivity contribution in [2.75, 3.05) is 36.4 Å². The van der Waals surface area contributed by atoms with Gasteiger partial charge in [0.15, 0.2) is 3.60 Å². The molecular weight excluding hydrogens is 196 g/mol. The summed E-state index contributed by atoms with van der Waals surface area (Å²) in [5, 5.41) is 0. The van der Waals surface area contributed by atoms with Crippen LogP contribution in [0.4, 0.5) is 0 Å².